The molecule has 0 aliphatic carbocycles. The number of hydrogen-bond acceptors (Lipinski definition) is 5. The number of nitrogens with zero attached hydrogens (tertiary/aromatic N) is 2. The molecule has 7 heteroatoms. The maximum atomic E-state index is 12.3. The first-order valence-electron chi connectivity index (χ1n) is 8.20. The van der Waals surface area contributed by atoms with Crippen LogP contribution in [0.4, 0.5) is 0 Å². The number of nitrogens with one attached hydrogen (secondary N) is 1. The van der Waals surface area contributed by atoms with Crippen molar-refractivity contribution in [3.8, 4) is 22.6 Å². The second kappa shape index (κ2) is 7.73. The molecule has 2 aromatic carbocycles. The molecule has 1 N–H and O–H groups in total. The van der Waals surface area contributed by atoms with Crippen LogP contribution in [0.5, 0.6) is 0 Å². The van der Waals surface area contributed by atoms with Crippen molar-refractivity contribution in [2.45, 2.75) is 6.54 Å². The van der Waals surface area contributed by atoms with Crippen molar-refractivity contribution >= 4 is 28.8 Å². The van der Waals surface area contributed by atoms with Crippen LogP contribution in [-0.2, 0) is 6.54 Å². The molecule has 0 saturated heterocycles. The Morgan fingerprint density at radius 3 is 2.63 bits per heavy atom. The normalized spacial score (nSPS) is 10.7. The third kappa shape index (κ3) is 4.07. The molecule has 134 valence electrons. The van der Waals surface area contributed by atoms with Crippen LogP contribution >= 0.6 is 22.9 Å². The van der Waals surface area contributed by atoms with Crippen LogP contribution in [0.25, 0.3) is 22.6 Å². The lowest BCUT2D eigenvalue weighted by Crippen LogP contribution is -2.22. The highest BCUT2D eigenvalue weighted by Crippen LogP contribution is 2.23. The number of carbonyl (C=O) groups is 1. The molecule has 5 nitrogen and oxygen atoms in total. The minimum atomic E-state index is -0.310. The number of aromatic nitrogens is 2. The van der Waals surface area contributed by atoms with Gasteiger partial charge in [0.15, 0.2) is 11.5 Å². The predicted octanol–water partition coefficient (Wildman–Crippen LogP) is 5.05. The fourth-order valence-electron chi connectivity index (χ4n) is 2.51. The van der Waals surface area contributed by atoms with Gasteiger partial charge in [-0.05, 0) is 24.3 Å². The summed E-state index contributed by atoms with van der Waals surface area (Å²) < 4.78 is 5.26. The number of rotatable bonds is 5. The van der Waals surface area contributed by atoms with E-state index in [1.165, 1.54) is 11.3 Å². The van der Waals surface area contributed by atoms with E-state index in [0.29, 0.717) is 17.3 Å². The van der Waals surface area contributed by atoms with E-state index < -0.39 is 0 Å². The van der Waals surface area contributed by atoms with Gasteiger partial charge in [-0.1, -0.05) is 47.1 Å². The van der Waals surface area contributed by atoms with Gasteiger partial charge in [0.25, 0.3) is 5.91 Å². The lowest BCUT2D eigenvalue weighted by molar-refractivity contribution is 0.0942. The summed E-state index contributed by atoms with van der Waals surface area (Å²) in [6.07, 6.45) is 0. The van der Waals surface area contributed by atoms with Crippen molar-refractivity contribution < 1.29 is 9.32 Å². The van der Waals surface area contributed by atoms with E-state index in [1.807, 2.05) is 47.8 Å². The molecule has 2 aromatic heterocycles. The van der Waals surface area contributed by atoms with Gasteiger partial charge in [0.05, 0.1) is 12.2 Å². The zero-order valence-corrected chi connectivity index (χ0v) is 15.6. The van der Waals surface area contributed by atoms with E-state index >= 15 is 0 Å². The molecule has 4 rings (SSSR count). The molecular formula is C20H14ClN3O2S. The number of benzene rings is 2. The second-order valence-electron chi connectivity index (χ2n) is 5.76. The van der Waals surface area contributed by atoms with Gasteiger partial charge >= 0.3 is 0 Å². The monoisotopic (exact) mass is 395 g/mol. The Hall–Kier alpha value is -2.96. The van der Waals surface area contributed by atoms with Gasteiger partial charge in [0.1, 0.15) is 5.01 Å². The molecule has 0 atom stereocenters. The highest BCUT2D eigenvalue weighted by molar-refractivity contribution is 7.09. The van der Waals surface area contributed by atoms with E-state index in [4.69, 9.17) is 16.1 Å². The molecule has 0 aliphatic rings. The van der Waals surface area contributed by atoms with E-state index in [0.717, 1.165) is 21.8 Å². The largest absolute Gasteiger partial charge is 0.355 e. The van der Waals surface area contributed by atoms with Crippen LogP contribution < -0.4 is 5.32 Å². The molecule has 0 aliphatic heterocycles. The van der Waals surface area contributed by atoms with Crippen LogP contribution in [0.15, 0.2) is 70.6 Å². The smallest absolute Gasteiger partial charge is 0.273 e. The average molecular weight is 396 g/mol. The summed E-state index contributed by atoms with van der Waals surface area (Å²) in [6, 6.07) is 18.7. The fraction of sp³-hybridized carbons (Fsp3) is 0.0500. The van der Waals surface area contributed by atoms with Gasteiger partial charge in [-0.2, -0.15) is 0 Å². The molecule has 27 heavy (non-hydrogen) atoms. The molecule has 0 bridgehead atoms. The minimum Gasteiger partial charge on any atom is -0.355 e. The first-order valence-corrected chi connectivity index (χ1v) is 9.45. The van der Waals surface area contributed by atoms with Crippen molar-refractivity contribution in [3.05, 3.63) is 81.8 Å². The SMILES string of the molecule is O=C(NCc1nc(-c2ccccc2)cs1)c1cc(-c2ccc(Cl)cc2)on1. The Morgan fingerprint density at radius 2 is 1.85 bits per heavy atom. The summed E-state index contributed by atoms with van der Waals surface area (Å²) >= 11 is 7.38. The average Bonchev–Trinajstić information content (AvgIpc) is 3.37. The highest BCUT2D eigenvalue weighted by Gasteiger charge is 2.14. The van der Waals surface area contributed by atoms with Gasteiger partial charge in [0, 0.05) is 27.6 Å². The zero-order chi connectivity index (χ0) is 18.6. The van der Waals surface area contributed by atoms with Crippen LogP contribution in [0.1, 0.15) is 15.5 Å². The first kappa shape index (κ1) is 17.5. The van der Waals surface area contributed by atoms with Crippen LogP contribution in [-0.4, -0.2) is 16.0 Å². The van der Waals surface area contributed by atoms with Gasteiger partial charge in [0.2, 0.25) is 0 Å². The molecular weight excluding hydrogens is 382 g/mol. The summed E-state index contributed by atoms with van der Waals surface area (Å²) in [5, 5.41) is 10.1. The van der Waals surface area contributed by atoms with E-state index in [-0.39, 0.29) is 11.6 Å². The Morgan fingerprint density at radius 1 is 1.07 bits per heavy atom. The Labute approximate surface area is 164 Å². The molecule has 0 radical (unpaired) electrons. The molecule has 4 aromatic rings. The fourth-order valence-corrected chi connectivity index (χ4v) is 3.38. The first-order chi connectivity index (χ1) is 13.2. The predicted molar refractivity (Wildman–Crippen MR) is 106 cm³/mol. The Kier molecular flexibility index (Phi) is 5.00. The van der Waals surface area contributed by atoms with Crippen LogP contribution in [0.2, 0.25) is 5.02 Å². The third-order valence-corrected chi connectivity index (χ3v) is 4.99. The summed E-state index contributed by atoms with van der Waals surface area (Å²) in [7, 11) is 0. The lowest BCUT2D eigenvalue weighted by atomic mass is 10.1. The minimum absolute atomic E-state index is 0.222. The number of halogens is 1. The summed E-state index contributed by atoms with van der Waals surface area (Å²) in [6.45, 7) is 0.333. The van der Waals surface area contributed by atoms with Gasteiger partial charge < -0.3 is 9.84 Å². The summed E-state index contributed by atoms with van der Waals surface area (Å²) in [5.41, 5.74) is 2.98. The lowest BCUT2D eigenvalue weighted by Gasteiger charge is -1.99. The van der Waals surface area contributed by atoms with Crippen molar-refractivity contribution in [1.29, 1.82) is 0 Å². The molecule has 0 unspecified atom stereocenters. The third-order valence-electron chi connectivity index (χ3n) is 3.89. The van der Waals surface area contributed by atoms with Crippen molar-refractivity contribution in [3.63, 3.8) is 0 Å². The van der Waals surface area contributed by atoms with Gasteiger partial charge in [-0.3, -0.25) is 4.79 Å². The molecule has 1 amide bonds. The van der Waals surface area contributed by atoms with Crippen molar-refractivity contribution in [2.24, 2.45) is 0 Å². The van der Waals surface area contributed by atoms with Crippen LogP contribution in [0.3, 0.4) is 0 Å². The van der Waals surface area contributed by atoms with E-state index in [9.17, 15) is 4.79 Å². The van der Waals surface area contributed by atoms with Gasteiger partial charge in [-0.25, -0.2) is 4.98 Å². The summed E-state index contributed by atoms with van der Waals surface area (Å²) in [4.78, 5) is 16.9. The van der Waals surface area contributed by atoms with E-state index in [1.54, 1.807) is 18.2 Å². The number of thiazole rings is 1. The number of carbonyl (C=O) groups excluding carboxylic acids is 1. The van der Waals surface area contributed by atoms with Crippen molar-refractivity contribution in [1.82, 2.24) is 15.5 Å². The quantitative estimate of drug-likeness (QED) is 0.513. The second-order valence-corrected chi connectivity index (χ2v) is 7.14. The van der Waals surface area contributed by atoms with Crippen LogP contribution in [0, 0.1) is 0 Å². The molecule has 2 heterocycles. The topological polar surface area (TPSA) is 68.0 Å². The maximum Gasteiger partial charge on any atom is 0.273 e. The van der Waals surface area contributed by atoms with E-state index in [2.05, 4.69) is 15.5 Å². The Bertz CT molecular complexity index is 1060. The molecule has 0 spiro atoms. The van der Waals surface area contributed by atoms with Gasteiger partial charge in [-0.15, -0.1) is 11.3 Å². The Balaban J connectivity index is 1.40. The van der Waals surface area contributed by atoms with Crippen molar-refractivity contribution in [2.75, 3.05) is 0 Å². The maximum absolute atomic E-state index is 12.3. The molecule has 0 fully saturated rings. The number of amides is 1. The molecule has 0 saturated carbocycles. The highest BCUT2D eigenvalue weighted by atomic mass is 35.5. The summed E-state index contributed by atoms with van der Waals surface area (Å²) in [5.74, 6) is 0.202. The number of hydrogen-bond donors (Lipinski definition) is 1. The standard InChI is InChI=1S/C20H14ClN3O2S/c21-15-8-6-14(7-9-15)18-10-16(24-26-18)20(25)22-11-19-23-17(12-27-19)13-4-2-1-3-5-13/h1-10,12H,11H2,(H,22,25). The zero-order valence-electron chi connectivity index (χ0n) is 14.1.